The number of rotatable bonds is 0. The van der Waals surface area contributed by atoms with E-state index in [1.165, 1.54) is 0 Å². The molecule has 26 N–H and O–H groups in total. The van der Waals surface area contributed by atoms with Gasteiger partial charge >= 0.3 is 51.4 Å². The predicted molar refractivity (Wildman–Crippen MR) is 67.8 cm³/mol. The molecule has 130 valence electrons. The van der Waals surface area contributed by atoms with Crippen molar-refractivity contribution < 1.29 is 132 Å². The van der Waals surface area contributed by atoms with Crippen LogP contribution in [0.4, 0.5) is 0 Å². The van der Waals surface area contributed by atoms with Crippen molar-refractivity contribution in [1.29, 1.82) is 0 Å². The minimum Gasteiger partial charge on any atom is -1.00 e. The predicted octanol–water partition coefficient (Wildman–Crippen LogP) is -14.3. The van der Waals surface area contributed by atoms with Crippen molar-refractivity contribution in [3.05, 3.63) is 0 Å². The van der Waals surface area contributed by atoms with Gasteiger partial charge in [0.05, 0.1) is 0 Å². The molecule has 0 aromatic rings. The quantitative estimate of drug-likeness (QED) is 0.310. The van der Waals surface area contributed by atoms with Gasteiger partial charge in [-0.2, -0.15) is 4.21 Å². The van der Waals surface area contributed by atoms with Crippen molar-refractivity contribution in [1.82, 2.24) is 0 Å². The Labute approximate surface area is 159 Å². The first kappa shape index (κ1) is 307. The van der Waals surface area contributed by atoms with Crippen LogP contribution in [0.3, 0.4) is 0 Å². The Bertz CT molecular complexity index is 45.1. The molecule has 0 aromatic heterocycles. The molecule has 0 saturated heterocycles. The van der Waals surface area contributed by atoms with Crippen LogP contribution >= 0.6 is 0 Å². The second-order valence-corrected chi connectivity index (χ2v) is 0.692. The van der Waals surface area contributed by atoms with Gasteiger partial charge in [0.15, 0.2) is 17.4 Å². The van der Waals surface area contributed by atoms with Crippen LogP contribution in [0.1, 0.15) is 1.43 Å². The molecule has 0 fully saturated rings. The Hall–Kier alpha value is 1.76. The summed E-state index contributed by atoms with van der Waals surface area (Å²) in [5.74, 6) is 0. The first-order valence-electron chi connectivity index (χ1n) is 0.532. The van der Waals surface area contributed by atoms with E-state index in [-0.39, 0.29) is 136 Å². The SMILES string of the molecule is O.O.O.O.O.O.O.O.O.O.O.O.O=S(O)O.[AlH3].[H-].[K+]. The van der Waals surface area contributed by atoms with Gasteiger partial charge in [-0.25, -0.2) is 0 Å². The zero-order chi connectivity index (χ0) is 3.58. The first-order chi connectivity index (χ1) is 1.73. The second kappa shape index (κ2) is 261. The zero-order valence-electron chi connectivity index (χ0n) is 9.71. The molecule has 0 aromatic carbocycles. The van der Waals surface area contributed by atoms with Gasteiger partial charge in [-0.05, 0) is 0 Å². The third kappa shape index (κ3) is 1610. The molecule has 0 aliphatic heterocycles. The molecular formula is H30AlKO15S. The van der Waals surface area contributed by atoms with Crippen molar-refractivity contribution in [2.75, 3.05) is 0 Å². The van der Waals surface area contributed by atoms with Crippen LogP contribution < -0.4 is 51.4 Å². The summed E-state index contributed by atoms with van der Waals surface area (Å²) in [6, 6.07) is 0. The van der Waals surface area contributed by atoms with E-state index in [4.69, 9.17) is 13.3 Å². The van der Waals surface area contributed by atoms with Crippen molar-refractivity contribution in [3.8, 4) is 0 Å². The van der Waals surface area contributed by atoms with E-state index >= 15 is 0 Å². The maximum absolute atomic E-state index is 8.67. The molecule has 18 heteroatoms. The average molecular weight is 368 g/mol. The Morgan fingerprint density at radius 2 is 0.556 bits per heavy atom. The third-order valence-electron chi connectivity index (χ3n) is 0. The Morgan fingerprint density at radius 3 is 0.556 bits per heavy atom. The average Bonchev–Trinajstić information content (AvgIpc) is 0.811. The van der Waals surface area contributed by atoms with Gasteiger partial charge in [-0.15, -0.1) is 0 Å². The molecule has 0 heterocycles. The summed E-state index contributed by atoms with van der Waals surface area (Å²) in [7, 11) is 0. The van der Waals surface area contributed by atoms with Crippen molar-refractivity contribution in [3.63, 3.8) is 0 Å². The zero-order valence-corrected chi connectivity index (χ0v) is 12.7. The first-order valence-corrected chi connectivity index (χ1v) is 1.60. The summed E-state index contributed by atoms with van der Waals surface area (Å²) in [6.07, 6.45) is 0. The summed E-state index contributed by atoms with van der Waals surface area (Å²) in [6.45, 7) is 0. The van der Waals surface area contributed by atoms with E-state index in [2.05, 4.69) is 0 Å². The maximum atomic E-state index is 8.67. The van der Waals surface area contributed by atoms with Gasteiger partial charge in [-0.3, -0.25) is 9.11 Å². The molecule has 0 aliphatic carbocycles. The maximum Gasteiger partial charge on any atom is 1.00 e. The normalized spacial score (nSPS) is 1.94. The minimum absolute atomic E-state index is 0. The summed E-state index contributed by atoms with van der Waals surface area (Å²) >= 11 is -2.61. The van der Waals surface area contributed by atoms with E-state index in [9.17, 15) is 0 Å². The fraction of sp³-hybridized carbons (Fsp3) is 0. The topological polar surface area (TPSA) is 436 Å². The summed E-state index contributed by atoms with van der Waals surface area (Å²) < 4.78 is 22.8. The van der Waals surface area contributed by atoms with E-state index < -0.39 is 11.4 Å². The molecular weight excluding hydrogens is 338 g/mol. The monoisotopic (exact) mass is 368 g/mol. The number of hydrogen-bond donors (Lipinski definition) is 2. The largest absolute Gasteiger partial charge is 1.00 e. The fourth-order valence-electron chi connectivity index (χ4n) is 0. The second-order valence-electron chi connectivity index (χ2n) is 0.231. The van der Waals surface area contributed by atoms with E-state index in [0.717, 1.165) is 0 Å². The molecule has 15 nitrogen and oxygen atoms in total. The standard InChI is InChI=1S/Al.K.H2O3S.12H2O.4H/c;;1-4(2)3;;;;;;;;;;;;;;;;/h;;(H2,1,2,3);12*1H2;;;;/q;+1;;;;;;;;;;;;;;;;;-1. The van der Waals surface area contributed by atoms with Crippen molar-refractivity contribution in [2.45, 2.75) is 0 Å². The Morgan fingerprint density at radius 1 is 0.556 bits per heavy atom. The molecule has 0 amide bonds. The van der Waals surface area contributed by atoms with Gasteiger partial charge in [0.2, 0.25) is 0 Å². The molecule has 0 atom stereocenters. The Balaban J connectivity index is -0.000000000429. The smallest absolute Gasteiger partial charge is 1.00 e. The molecule has 0 rings (SSSR count). The van der Waals surface area contributed by atoms with Crippen LogP contribution in [0.2, 0.25) is 0 Å². The van der Waals surface area contributed by atoms with Gasteiger partial charge in [0, 0.05) is 0 Å². The third-order valence-corrected chi connectivity index (χ3v) is 0. The van der Waals surface area contributed by atoms with Crippen molar-refractivity contribution in [2.24, 2.45) is 0 Å². The van der Waals surface area contributed by atoms with E-state index in [1.807, 2.05) is 0 Å². The summed E-state index contributed by atoms with van der Waals surface area (Å²) in [4.78, 5) is 0. The van der Waals surface area contributed by atoms with Gasteiger partial charge in [-0.1, -0.05) is 0 Å². The van der Waals surface area contributed by atoms with Gasteiger partial charge in [0.1, 0.15) is 0 Å². The number of hydrogen-bond acceptors (Lipinski definition) is 1. The van der Waals surface area contributed by atoms with Gasteiger partial charge < -0.3 is 67.1 Å². The molecule has 18 heavy (non-hydrogen) atoms. The fourth-order valence-corrected chi connectivity index (χ4v) is 0. The van der Waals surface area contributed by atoms with Crippen LogP contribution in [0.25, 0.3) is 0 Å². The molecule has 0 spiro atoms. The molecule has 0 aliphatic rings. The molecule has 0 radical (unpaired) electrons. The molecule has 0 bridgehead atoms. The Kier molecular flexibility index (Phi) is 4460. The van der Waals surface area contributed by atoms with Crippen LogP contribution in [0.5, 0.6) is 0 Å². The van der Waals surface area contributed by atoms with Crippen molar-refractivity contribution >= 4 is 28.7 Å². The van der Waals surface area contributed by atoms with Gasteiger partial charge in [0.25, 0.3) is 11.4 Å². The van der Waals surface area contributed by atoms with Crippen LogP contribution in [0, 0.1) is 0 Å². The van der Waals surface area contributed by atoms with E-state index in [0.29, 0.717) is 0 Å². The van der Waals surface area contributed by atoms with Crippen LogP contribution in [-0.4, -0.2) is 96.4 Å². The molecule has 0 unspecified atom stereocenters. The molecule has 0 saturated carbocycles. The summed E-state index contributed by atoms with van der Waals surface area (Å²) in [5.41, 5.74) is 0. The van der Waals surface area contributed by atoms with Crippen LogP contribution in [-0.2, 0) is 11.4 Å². The minimum atomic E-state index is -2.61. The van der Waals surface area contributed by atoms with Crippen LogP contribution in [0.15, 0.2) is 0 Å². The van der Waals surface area contributed by atoms with E-state index in [1.54, 1.807) is 0 Å². The summed E-state index contributed by atoms with van der Waals surface area (Å²) in [5, 5.41) is 0.